The third kappa shape index (κ3) is 4.90. The summed E-state index contributed by atoms with van der Waals surface area (Å²) in [4.78, 5) is 15.0. The molecule has 1 aromatic heterocycles. The van der Waals surface area contributed by atoms with Crippen LogP contribution in [0.4, 0.5) is 0 Å². The van der Waals surface area contributed by atoms with E-state index < -0.39 is 12.1 Å². The van der Waals surface area contributed by atoms with Crippen molar-refractivity contribution in [3.8, 4) is 23.4 Å². The SMILES string of the molecule is Cc1nn(C)c(Oc2cc(O[C@@H](C)C(=O)O)c(Cl)cc2Cl)c1/C=N/CC#N. The second-order valence-electron chi connectivity index (χ2n) is 5.47. The number of nitriles is 1. The summed E-state index contributed by atoms with van der Waals surface area (Å²) in [7, 11) is 1.68. The molecule has 0 amide bonds. The summed E-state index contributed by atoms with van der Waals surface area (Å²) >= 11 is 12.3. The Hall–Kier alpha value is -2.76. The van der Waals surface area contributed by atoms with Gasteiger partial charge in [0, 0.05) is 19.3 Å². The number of carbonyl (C=O) groups is 1. The van der Waals surface area contributed by atoms with Crippen molar-refractivity contribution in [2.75, 3.05) is 6.54 Å². The largest absolute Gasteiger partial charge is 0.479 e. The number of ether oxygens (including phenoxy) is 2. The van der Waals surface area contributed by atoms with Crippen LogP contribution in [0.1, 0.15) is 18.2 Å². The molecule has 1 aromatic carbocycles. The van der Waals surface area contributed by atoms with E-state index in [1.54, 1.807) is 14.0 Å². The first-order valence-corrected chi connectivity index (χ1v) is 8.47. The minimum Gasteiger partial charge on any atom is -0.479 e. The number of aliphatic imine (C=N–C) groups is 1. The number of hydrogen-bond donors (Lipinski definition) is 1. The van der Waals surface area contributed by atoms with Crippen LogP contribution >= 0.6 is 23.2 Å². The second-order valence-corrected chi connectivity index (χ2v) is 6.28. The smallest absolute Gasteiger partial charge is 0.344 e. The number of aliphatic carboxylic acids is 1. The minimum atomic E-state index is -1.14. The Bertz CT molecular complexity index is 934. The Balaban J connectivity index is 2.40. The molecule has 0 aliphatic carbocycles. The normalized spacial score (nSPS) is 12.0. The quantitative estimate of drug-likeness (QED) is 0.551. The van der Waals surface area contributed by atoms with E-state index in [2.05, 4.69) is 10.1 Å². The minimum absolute atomic E-state index is 0.000536. The summed E-state index contributed by atoms with van der Waals surface area (Å²) in [5.74, 6) is -0.478. The highest BCUT2D eigenvalue weighted by Gasteiger charge is 2.20. The van der Waals surface area contributed by atoms with E-state index in [1.165, 1.54) is 30.0 Å². The lowest BCUT2D eigenvalue weighted by atomic mass is 10.2. The summed E-state index contributed by atoms with van der Waals surface area (Å²) in [6.45, 7) is 3.15. The summed E-state index contributed by atoms with van der Waals surface area (Å²) in [5, 5.41) is 22.2. The van der Waals surface area contributed by atoms with Crippen molar-refractivity contribution in [2.45, 2.75) is 20.0 Å². The van der Waals surface area contributed by atoms with Gasteiger partial charge >= 0.3 is 5.97 Å². The molecular formula is C17H16Cl2N4O4. The fraction of sp³-hybridized carbons (Fsp3) is 0.294. The standard InChI is InChI=1S/C17H16Cl2N4O4/c1-9-11(8-21-5-4-20)16(23(3)22-9)27-15-7-14(12(18)6-13(15)19)26-10(2)17(24)25/h6-8,10H,5H2,1-3H3,(H,24,25)/b21-8+/t10-/m0/s1. The molecule has 1 heterocycles. The van der Waals surface area contributed by atoms with Gasteiger partial charge in [-0.05, 0) is 19.9 Å². The molecule has 8 nitrogen and oxygen atoms in total. The number of hydrogen-bond acceptors (Lipinski definition) is 6. The third-order valence-electron chi connectivity index (χ3n) is 3.44. The van der Waals surface area contributed by atoms with Gasteiger partial charge in [-0.2, -0.15) is 10.4 Å². The Kier molecular flexibility index (Phi) is 6.66. The van der Waals surface area contributed by atoms with Crippen molar-refractivity contribution < 1.29 is 19.4 Å². The third-order valence-corrected chi connectivity index (χ3v) is 4.03. The number of carboxylic acids is 1. The van der Waals surface area contributed by atoms with E-state index in [4.69, 9.17) is 43.0 Å². The van der Waals surface area contributed by atoms with Crippen molar-refractivity contribution in [2.24, 2.45) is 12.0 Å². The van der Waals surface area contributed by atoms with Gasteiger partial charge in [0.1, 0.15) is 12.3 Å². The van der Waals surface area contributed by atoms with Gasteiger partial charge in [0.2, 0.25) is 5.88 Å². The van der Waals surface area contributed by atoms with Crippen molar-refractivity contribution in [3.63, 3.8) is 0 Å². The summed E-state index contributed by atoms with van der Waals surface area (Å²) in [6.07, 6.45) is 0.387. The zero-order valence-corrected chi connectivity index (χ0v) is 16.2. The molecule has 1 atom stereocenters. The van der Waals surface area contributed by atoms with Crippen LogP contribution in [0.25, 0.3) is 0 Å². The molecule has 0 saturated carbocycles. The molecule has 0 fully saturated rings. The van der Waals surface area contributed by atoms with Gasteiger partial charge in [-0.1, -0.05) is 23.2 Å². The first-order chi connectivity index (χ1) is 12.7. The summed E-state index contributed by atoms with van der Waals surface area (Å²) in [5.41, 5.74) is 1.23. The average molecular weight is 411 g/mol. The van der Waals surface area contributed by atoms with Crippen LogP contribution in [0.2, 0.25) is 10.0 Å². The predicted molar refractivity (Wildman–Crippen MR) is 100 cm³/mol. The monoisotopic (exact) mass is 410 g/mol. The van der Waals surface area contributed by atoms with Crippen molar-refractivity contribution in [1.29, 1.82) is 5.26 Å². The number of aryl methyl sites for hydroxylation is 2. The van der Waals surface area contributed by atoms with Crippen LogP contribution in [0.15, 0.2) is 17.1 Å². The summed E-state index contributed by atoms with van der Waals surface area (Å²) in [6, 6.07) is 4.72. The maximum absolute atomic E-state index is 11.0. The molecule has 142 valence electrons. The zero-order chi connectivity index (χ0) is 20.1. The van der Waals surface area contributed by atoms with Crippen LogP contribution in [0.5, 0.6) is 17.4 Å². The highest BCUT2D eigenvalue weighted by molar-refractivity contribution is 6.36. The van der Waals surface area contributed by atoms with Crippen LogP contribution in [0, 0.1) is 18.3 Å². The number of halogens is 2. The van der Waals surface area contributed by atoms with Crippen molar-refractivity contribution in [1.82, 2.24) is 9.78 Å². The van der Waals surface area contributed by atoms with Crippen LogP contribution < -0.4 is 9.47 Å². The highest BCUT2D eigenvalue weighted by Crippen LogP contribution is 2.39. The van der Waals surface area contributed by atoms with E-state index in [9.17, 15) is 4.79 Å². The van der Waals surface area contributed by atoms with E-state index >= 15 is 0 Å². The highest BCUT2D eigenvalue weighted by atomic mass is 35.5. The van der Waals surface area contributed by atoms with Crippen molar-refractivity contribution >= 4 is 35.4 Å². The van der Waals surface area contributed by atoms with Gasteiger partial charge in [0.25, 0.3) is 0 Å². The van der Waals surface area contributed by atoms with Gasteiger partial charge in [-0.15, -0.1) is 0 Å². The molecule has 27 heavy (non-hydrogen) atoms. The fourth-order valence-electron chi connectivity index (χ4n) is 2.12. The van der Waals surface area contributed by atoms with E-state index in [0.717, 1.165) is 0 Å². The topological polar surface area (TPSA) is 110 Å². The summed E-state index contributed by atoms with van der Waals surface area (Å²) < 4.78 is 12.7. The molecule has 2 rings (SSSR count). The molecule has 1 N–H and O–H groups in total. The lowest BCUT2D eigenvalue weighted by molar-refractivity contribution is -0.144. The number of benzene rings is 1. The van der Waals surface area contributed by atoms with E-state index in [-0.39, 0.29) is 28.1 Å². The first kappa shape index (κ1) is 20.6. The zero-order valence-electron chi connectivity index (χ0n) is 14.7. The first-order valence-electron chi connectivity index (χ1n) is 7.71. The average Bonchev–Trinajstić information content (AvgIpc) is 2.85. The molecular weight excluding hydrogens is 395 g/mol. The Morgan fingerprint density at radius 2 is 2.11 bits per heavy atom. The Morgan fingerprint density at radius 1 is 1.44 bits per heavy atom. The van der Waals surface area contributed by atoms with Gasteiger partial charge in [-0.3, -0.25) is 4.99 Å². The Morgan fingerprint density at radius 3 is 2.74 bits per heavy atom. The molecule has 0 unspecified atom stereocenters. The molecule has 0 spiro atoms. The van der Waals surface area contributed by atoms with Crippen LogP contribution in [-0.4, -0.2) is 39.7 Å². The number of nitrogens with zero attached hydrogens (tertiary/aromatic N) is 4. The lowest BCUT2D eigenvalue weighted by Gasteiger charge is -2.15. The van der Waals surface area contributed by atoms with Crippen LogP contribution in [0.3, 0.4) is 0 Å². The van der Waals surface area contributed by atoms with Crippen LogP contribution in [-0.2, 0) is 11.8 Å². The maximum Gasteiger partial charge on any atom is 0.344 e. The molecule has 0 bridgehead atoms. The van der Waals surface area contributed by atoms with Gasteiger partial charge in [0.15, 0.2) is 11.9 Å². The molecule has 0 radical (unpaired) electrons. The molecule has 0 aliphatic rings. The number of carboxylic acid groups (broad SMARTS) is 1. The molecule has 2 aromatic rings. The number of rotatable bonds is 7. The Labute approximate surface area is 165 Å². The van der Waals surface area contributed by atoms with Crippen molar-refractivity contribution in [3.05, 3.63) is 33.4 Å². The molecule has 0 aliphatic heterocycles. The van der Waals surface area contributed by atoms with Gasteiger partial charge in [0.05, 0.1) is 27.4 Å². The van der Waals surface area contributed by atoms with E-state index in [0.29, 0.717) is 17.1 Å². The second kappa shape index (κ2) is 8.75. The molecule has 0 saturated heterocycles. The van der Waals surface area contributed by atoms with E-state index in [1.807, 2.05) is 6.07 Å². The lowest BCUT2D eigenvalue weighted by Crippen LogP contribution is -2.23. The molecule has 10 heteroatoms. The maximum atomic E-state index is 11.0. The van der Waals surface area contributed by atoms with Gasteiger partial charge < -0.3 is 14.6 Å². The van der Waals surface area contributed by atoms with Gasteiger partial charge in [-0.25, -0.2) is 9.48 Å². The fourth-order valence-corrected chi connectivity index (χ4v) is 2.59. The number of aromatic nitrogens is 2. The predicted octanol–water partition coefficient (Wildman–Crippen LogP) is 3.62.